The summed E-state index contributed by atoms with van der Waals surface area (Å²) in [6.45, 7) is 0.239. The monoisotopic (exact) mass is 212 g/mol. The van der Waals surface area contributed by atoms with Crippen LogP contribution in [0.5, 0.6) is 5.75 Å². The lowest BCUT2D eigenvalue weighted by atomic mass is 10.0. The molecule has 82 valence electrons. The number of nitro benzene ring substituents is 1. The molecule has 0 saturated carbocycles. The SMILES string of the molecule is NCC[C@@H](O)c1cc([N+](=O)[O-])ccc1O. The molecule has 0 fully saturated rings. The number of benzene rings is 1. The first kappa shape index (κ1) is 11.4. The molecule has 1 aromatic carbocycles. The molecule has 0 radical (unpaired) electrons. The highest BCUT2D eigenvalue weighted by Gasteiger charge is 2.16. The minimum Gasteiger partial charge on any atom is -0.508 e. The molecule has 0 spiro atoms. The van der Waals surface area contributed by atoms with Gasteiger partial charge >= 0.3 is 0 Å². The van der Waals surface area contributed by atoms with Crippen LogP contribution in [-0.2, 0) is 0 Å². The Balaban J connectivity index is 3.04. The maximum absolute atomic E-state index is 10.5. The van der Waals surface area contributed by atoms with Crippen LogP contribution in [0, 0.1) is 10.1 Å². The Morgan fingerprint density at radius 3 is 2.73 bits per heavy atom. The van der Waals surface area contributed by atoms with E-state index in [-0.39, 0.29) is 30.0 Å². The lowest BCUT2D eigenvalue weighted by molar-refractivity contribution is -0.385. The molecule has 0 unspecified atom stereocenters. The number of nitrogens with two attached hydrogens (primary N) is 1. The number of rotatable bonds is 4. The maximum Gasteiger partial charge on any atom is 0.270 e. The van der Waals surface area contributed by atoms with Crippen molar-refractivity contribution < 1.29 is 15.1 Å². The van der Waals surface area contributed by atoms with Gasteiger partial charge in [-0.25, -0.2) is 0 Å². The Morgan fingerprint density at radius 1 is 1.53 bits per heavy atom. The highest BCUT2D eigenvalue weighted by Crippen LogP contribution is 2.29. The third-order valence-electron chi connectivity index (χ3n) is 2.02. The summed E-state index contributed by atoms with van der Waals surface area (Å²) >= 11 is 0. The fraction of sp³-hybridized carbons (Fsp3) is 0.333. The fourth-order valence-electron chi connectivity index (χ4n) is 1.24. The zero-order valence-electron chi connectivity index (χ0n) is 7.96. The van der Waals surface area contributed by atoms with Crippen molar-refractivity contribution in [2.24, 2.45) is 5.73 Å². The Morgan fingerprint density at radius 2 is 2.20 bits per heavy atom. The van der Waals surface area contributed by atoms with Gasteiger partial charge < -0.3 is 15.9 Å². The molecule has 0 aliphatic heterocycles. The van der Waals surface area contributed by atoms with Crippen LogP contribution in [0.2, 0.25) is 0 Å². The van der Waals surface area contributed by atoms with Gasteiger partial charge in [-0.05, 0) is 19.0 Å². The summed E-state index contributed by atoms with van der Waals surface area (Å²) in [4.78, 5) is 9.88. The molecule has 0 aliphatic carbocycles. The molecule has 0 amide bonds. The summed E-state index contributed by atoms with van der Waals surface area (Å²) in [5, 5.41) is 29.4. The predicted octanol–water partition coefficient (Wildman–Crippen LogP) is 0.683. The average Bonchev–Trinajstić information content (AvgIpc) is 2.18. The van der Waals surface area contributed by atoms with Crippen molar-refractivity contribution in [2.75, 3.05) is 6.54 Å². The maximum atomic E-state index is 10.5. The summed E-state index contributed by atoms with van der Waals surface area (Å²) in [6.07, 6.45) is -0.732. The Hall–Kier alpha value is -1.66. The summed E-state index contributed by atoms with van der Waals surface area (Å²) in [5.41, 5.74) is 5.21. The molecule has 0 saturated heterocycles. The van der Waals surface area contributed by atoms with Crippen molar-refractivity contribution in [3.05, 3.63) is 33.9 Å². The normalized spacial score (nSPS) is 12.4. The van der Waals surface area contributed by atoms with Gasteiger partial charge in [0, 0.05) is 17.7 Å². The number of aliphatic hydroxyl groups is 1. The fourth-order valence-corrected chi connectivity index (χ4v) is 1.24. The van der Waals surface area contributed by atoms with E-state index in [0.29, 0.717) is 0 Å². The third kappa shape index (κ3) is 2.64. The van der Waals surface area contributed by atoms with Gasteiger partial charge in [-0.3, -0.25) is 10.1 Å². The van der Waals surface area contributed by atoms with Crippen LogP contribution < -0.4 is 5.73 Å². The minimum atomic E-state index is -0.977. The van der Waals surface area contributed by atoms with Gasteiger partial charge in [-0.15, -0.1) is 0 Å². The quantitative estimate of drug-likeness (QED) is 0.502. The molecule has 0 bridgehead atoms. The second kappa shape index (κ2) is 4.72. The number of aromatic hydroxyl groups is 1. The van der Waals surface area contributed by atoms with Gasteiger partial charge in [-0.2, -0.15) is 0 Å². The van der Waals surface area contributed by atoms with E-state index in [9.17, 15) is 20.3 Å². The first-order valence-corrected chi connectivity index (χ1v) is 4.41. The highest BCUT2D eigenvalue weighted by molar-refractivity contribution is 5.44. The molecule has 1 rings (SSSR count). The van der Waals surface area contributed by atoms with Crippen LogP contribution in [0.4, 0.5) is 5.69 Å². The van der Waals surface area contributed by atoms with E-state index < -0.39 is 11.0 Å². The molecule has 1 atom stereocenters. The topological polar surface area (TPSA) is 110 Å². The van der Waals surface area contributed by atoms with E-state index in [0.717, 1.165) is 6.07 Å². The molecule has 6 heteroatoms. The molecule has 15 heavy (non-hydrogen) atoms. The first-order valence-electron chi connectivity index (χ1n) is 4.41. The van der Waals surface area contributed by atoms with E-state index in [1.165, 1.54) is 12.1 Å². The standard InChI is InChI=1S/C9H12N2O4/c10-4-3-9(13)7-5-6(11(14)15)1-2-8(7)12/h1-2,5,9,12-13H,3-4,10H2/t9-/m1/s1. The number of nitro groups is 1. The van der Waals surface area contributed by atoms with Crippen LogP contribution >= 0.6 is 0 Å². The average molecular weight is 212 g/mol. The van der Waals surface area contributed by atoms with Crippen LogP contribution in [0.3, 0.4) is 0 Å². The molecule has 0 aliphatic rings. The van der Waals surface area contributed by atoms with Gasteiger partial charge in [0.2, 0.25) is 0 Å². The van der Waals surface area contributed by atoms with Crippen molar-refractivity contribution in [1.82, 2.24) is 0 Å². The largest absolute Gasteiger partial charge is 0.508 e. The molecule has 6 nitrogen and oxygen atoms in total. The molecular formula is C9H12N2O4. The minimum absolute atomic E-state index is 0.134. The van der Waals surface area contributed by atoms with Crippen molar-refractivity contribution >= 4 is 5.69 Å². The highest BCUT2D eigenvalue weighted by atomic mass is 16.6. The van der Waals surface area contributed by atoms with Crippen molar-refractivity contribution in [3.8, 4) is 5.75 Å². The van der Waals surface area contributed by atoms with E-state index in [1.54, 1.807) is 0 Å². The lowest BCUT2D eigenvalue weighted by Gasteiger charge is -2.10. The van der Waals surface area contributed by atoms with E-state index >= 15 is 0 Å². The van der Waals surface area contributed by atoms with Crippen molar-refractivity contribution in [2.45, 2.75) is 12.5 Å². The third-order valence-corrected chi connectivity index (χ3v) is 2.02. The molecule has 1 aromatic rings. The summed E-state index contributed by atoms with van der Waals surface area (Å²) < 4.78 is 0. The Bertz CT molecular complexity index is 367. The zero-order valence-corrected chi connectivity index (χ0v) is 7.96. The smallest absolute Gasteiger partial charge is 0.270 e. The zero-order chi connectivity index (χ0) is 11.4. The van der Waals surface area contributed by atoms with Crippen LogP contribution in [0.1, 0.15) is 18.1 Å². The Labute approximate surface area is 86.1 Å². The van der Waals surface area contributed by atoms with Gasteiger partial charge in [0.05, 0.1) is 11.0 Å². The summed E-state index contributed by atoms with van der Waals surface area (Å²) in [6, 6.07) is 3.51. The first-order chi connectivity index (χ1) is 7.06. The van der Waals surface area contributed by atoms with Gasteiger partial charge in [0.25, 0.3) is 5.69 Å². The second-order valence-electron chi connectivity index (χ2n) is 3.09. The van der Waals surface area contributed by atoms with Gasteiger partial charge in [0.1, 0.15) is 5.75 Å². The molecule has 0 aromatic heterocycles. The lowest BCUT2D eigenvalue weighted by Crippen LogP contribution is -2.07. The number of phenolic OH excluding ortho intramolecular Hbond substituents is 1. The van der Waals surface area contributed by atoms with E-state index in [1.807, 2.05) is 0 Å². The number of hydrogen-bond donors (Lipinski definition) is 3. The van der Waals surface area contributed by atoms with Gasteiger partial charge in [0.15, 0.2) is 0 Å². The molecular weight excluding hydrogens is 200 g/mol. The molecule has 4 N–H and O–H groups in total. The van der Waals surface area contributed by atoms with Gasteiger partial charge in [-0.1, -0.05) is 0 Å². The second-order valence-corrected chi connectivity index (χ2v) is 3.09. The van der Waals surface area contributed by atoms with Crippen LogP contribution in [0.25, 0.3) is 0 Å². The van der Waals surface area contributed by atoms with E-state index in [4.69, 9.17) is 5.73 Å². The molecule has 0 heterocycles. The number of hydrogen-bond acceptors (Lipinski definition) is 5. The van der Waals surface area contributed by atoms with Crippen molar-refractivity contribution in [3.63, 3.8) is 0 Å². The number of nitrogens with zero attached hydrogens (tertiary/aromatic N) is 1. The van der Waals surface area contributed by atoms with E-state index in [2.05, 4.69) is 0 Å². The summed E-state index contributed by atoms with van der Waals surface area (Å²) in [5.74, 6) is -0.165. The number of aliphatic hydroxyl groups excluding tert-OH is 1. The predicted molar refractivity (Wildman–Crippen MR) is 53.4 cm³/mol. The van der Waals surface area contributed by atoms with Crippen molar-refractivity contribution in [1.29, 1.82) is 0 Å². The van der Waals surface area contributed by atoms with Crippen LogP contribution in [-0.4, -0.2) is 21.7 Å². The Kier molecular flexibility index (Phi) is 3.59. The number of phenols is 1. The summed E-state index contributed by atoms with van der Waals surface area (Å²) in [7, 11) is 0. The van der Waals surface area contributed by atoms with Crippen LogP contribution in [0.15, 0.2) is 18.2 Å². The number of non-ortho nitro benzene ring substituents is 1.